The molecule has 0 aliphatic carbocycles. The second-order valence-corrected chi connectivity index (χ2v) is 5.06. The molecule has 1 aromatic heterocycles. The van der Waals surface area contributed by atoms with E-state index in [0.717, 1.165) is 21.5 Å². The van der Waals surface area contributed by atoms with Gasteiger partial charge < -0.3 is 9.84 Å². The summed E-state index contributed by atoms with van der Waals surface area (Å²) in [5, 5.41) is 7.07. The second kappa shape index (κ2) is 5.63. The van der Waals surface area contributed by atoms with E-state index in [9.17, 15) is 4.39 Å². The first-order chi connectivity index (χ1) is 8.58. The Morgan fingerprint density at radius 1 is 1.33 bits per heavy atom. The average Bonchev–Trinajstić information content (AvgIpc) is 2.63. The van der Waals surface area contributed by atoms with Crippen LogP contribution in [-0.2, 0) is 13.1 Å². The Morgan fingerprint density at radius 2 is 2.11 bits per heavy atom. The van der Waals surface area contributed by atoms with Crippen molar-refractivity contribution >= 4 is 15.9 Å². The lowest BCUT2D eigenvalue weighted by atomic mass is 10.2. The molecule has 3 nitrogen and oxygen atoms in total. The van der Waals surface area contributed by atoms with Gasteiger partial charge in [0.1, 0.15) is 11.6 Å². The molecule has 96 valence electrons. The summed E-state index contributed by atoms with van der Waals surface area (Å²) in [4.78, 5) is 0. The molecule has 2 rings (SSSR count). The predicted molar refractivity (Wildman–Crippen MR) is 70.6 cm³/mol. The summed E-state index contributed by atoms with van der Waals surface area (Å²) < 4.78 is 19.4. The Morgan fingerprint density at radius 3 is 2.72 bits per heavy atom. The summed E-state index contributed by atoms with van der Waals surface area (Å²) in [6.45, 7) is 4.87. The zero-order chi connectivity index (χ0) is 13.1. The van der Waals surface area contributed by atoms with Crippen molar-refractivity contribution in [2.75, 3.05) is 0 Å². The fourth-order valence-electron chi connectivity index (χ4n) is 1.74. The van der Waals surface area contributed by atoms with Crippen molar-refractivity contribution < 1.29 is 8.91 Å². The van der Waals surface area contributed by atoms with Crippen molar-refractivity contribution in [2.24, 2.45) is 0 Å². The minimum absolute atomic E-state index is 0.212. The Kier molecular flexibility index (Phi) is 4.14. The number of nitrogens with zero attached hydrogens (tertiary/aromatic N) is 1. The van der Waals surface area contributed by atoms with E-state index in [0.29, 0.717) is 18.7 Å². The molecule has 0 radical (unpaired) electrons. The molecule has 0 bridgehead atoms. The first-order valence-electron chi connectivity index (χ1n) is 5.64. The van der Waals surface area contributed by atoms with Crippen molar-refractivity contribution in [1.29, 1.82) is 0 Å². The fraction of sp³-hybridized carbons (Fsp3) is 0.308. The number of hydrogen-bond acceptors (Lipinski definition) is 3. The molecule has 0 spiro atoms. The van der Waals surface area contributed by atoms with Gasteiger partial charge >= 0.3 is 0 Å². The molecule has 0 saturated heterocycles. The molecule has 1 heterocycles. The molecule has 0 aliphatic rings. The van der Waals surface area contributed by atoms with Gasteiger partial charge in [-0.25, -0.2) is 4.39 Å². The highest BCUT2D eigenvalue weighted by atomic mass is 79.9. The molecule has 0 aliphatic heterocycles. The van der Waals surface area contributed by atoms with Gasteiger partial charge in [0, 0.05) is 28.7 Å². The monoisotopic (exact) mass is 312 g/mol. The van der Waals surface area contributed by atoms with Crippen molar-refractivity contribution in [3.63, 3.8) is 0 Å². The van der Waals surface area contributed by atoms with Gasteiger partial charge in [-0.2, -0.15) is 0 Å². The van der Waals surface area contributed by atoms with Crippen LogP contribution >= 0.6 is 15.9 Å². The van der Waals surface area contributed by atoms with Gasteiger partial charge in [0.2, 0.25) is 0 Å². The highest BCUT2D eigenvalue weighted by Crippen LogP contribution is 2.16. The molecule has 5 heteroatoms. The van der Waals surface area contributed by atoms with Crippen LogP contribution in [0.1, 0.15) is 22.6 Å². The normalized spacial score (nSPS) is 10.9. The third kappa shape index (κ3) is 2.97. The Hall–Kier alpha value is -1.20. The smallest absolute Gasteiger partial charge is 0.138 e. The van der Waals surface area contributed by atoms with E-state index >= 15 is 0 Å². The van der Waals surface area contributed by atoms with Gasteiger partial charge in [-0.1, -0.05) is 27.2 Å². The lowest BCUT2D eigenvalue weighted by Crippen LogP contribution is -2.14. The van der Waals surface area contributed by atoms with E-state index in [1.807, 2.05) is 19.9 Å². The molecule has 0 amide bonds. The number of benzene rings is 1. The van der Waals surface area contributed by atoms with Gasteiger partial charge in [0.25, 0.3) is 0 Å². The minimum atomic E-state index is -0.212. The highest BCUT2D eigenvalue weighted by Gasteiger charge is 2.08. The quantitative estimate of drug-likeness (QED) is 0.939. The minimum Gasteiger partial charge on any atom is -0.361 e. The van der Waals surface area contributed by atoms with Gasteiger partial charge in [0.05, 0.1) is 5.69 Å². The molecule has 18 heavy (non-hydrogen) atoms. The van der Waals surface area contributed by atoms with E-state index in [1.165, 1.54) is 6.07 Å². The van der Waals surface area contributed by atoms with E-state index in [1.54, 1.807) is 6.07 Å². The third-order valence-electron chi connectivity index (χ3n) is 2.81. The van der Waals surface area contributed by atoms with Gasteiger partial charge in [0.15, 0.2) is 0 Å². The maximum absolute atomic E-state index is 13.6. The van der Waals surface area contributed by atoms with Crippen LogP contribution in [0.25, 0.3) is 0 Å². The predicted octanol–water partition coefficient (Wildman–Crippen LogP) is 3.48. The zero-order valence-electron chi connectivity index (χ0n) is 10.3. The zero-order valence-corrected chi connectivity index (χ0v) is 11.8. The molecule has 0 atom stereocenters. The van der Waals surface area contributed by atoms with Crippen LogP contribution in [0.4, 0.5) is 4.39 Å². The summed E-state index contributed by atoms with van der Waals surface area (Å²) in [6, 6.07) is 5.06. The molecule has 1 N–H and O–H groups in total. The number of nitrogens with one attached hydrogen (secondary N) is 1. The van der Waals surface area contributed by atoms with E-state index in [-0.39, 0.29) is 5.82 Å². The van der Waals surface area contributed by atoms with Gasteiger partial charge in [-0.3, -0.25) is 0 Å². The first-order valence-corrected chi connectivity index (χ1v) is 6.43. The summed E-state index contributed by atoms with van der Waals surface area (Å²) in [5.74, 6) is 0.590. The molecular weight excluding hydrogens is 299 g/mol. The number of halogens is 2. The summed E-state index contributed by atoms with van der Waals surface area (Å²) in [5.41, 5.74) is 2.55. The van der Waals surface area contributed by atoms with Crippen LogP contribution in [0.15, 0.2) is 27.2 Å². The SMILES string of the molecule is Cc1noc(C)c1CNCc1ccc(Br)cc1F. The Balaban J connectivity index is 1.96. The van der Waals surface area contributed by atoms with Crippen molar-refractivity contribution in [1.82, 2.24) is 10.5 Å². The number of aryl methyl sites for hydroxylation is 2. The maximum atomic E-state index is 13.6. The van der Waals surface area contributed by atoms with Crippen LogP contribution in [-0.4, -0.2) is 5.16 Å². The number of hydrogen-bond donors (Lipinski definition) is 1. The molecule has 0 unspecified atom stereocenters. The molecule has 2 aromatic rings. The molecule has 1 aromatic carbocycles. The topological polar surface area (TPSA) is 38.1 Å². The lowest BCUT2D eigenvalue weighted by Gasteiger charge is -2.06. The Labute approximate surface area is 113 Å². The summed E-state index contributed by atoms with van der Waals surface area (Å²) in [6.07, 6.45) is 0. The Bertz CT molecular complexity index is 534. The molecule has 0 saturated carbocycles. The lowest BCUT2D eigenvalue weighted by molar-refractivity contribution is 0.392. The van der Waals surface area contributed by atoms with Crippen molar-refractivity contribution in [2.45, 2.75) is 26.9 Å². The maximum Gasteiger partial charge on any atom is 0.138 e. The summed E-state index contributed by atoms with van der Waals surface area (Å²) >= 11 is 3.23. The average molecular weight is 313 g/mol. The van der Waals surface area contributed by atoms with Crippen LogP contribution < -0.4 is 5.32 Å². The summed E-state index contributed by atoms with van der Waals surface area (Å²) in [7, 11) is 0. The fourth-order valence-corrected chi connectivity index (χ4v) is 2.07. The van der Waals surface area contributed by atoms with Gasteiger partial charge in [-0.05, 0) is 26.0 Å². The number of rotatable bonds is 4. The molecule has 0 fully saturated rings. The number of aromatic nitrogens is 1. The highest BCUT2D eigenvalue weighted by molar-refractivity contribution is 9.10. The van der Waals surface area contributed by atoms with Crippen LogP contribution in [0.3, 0.4) is 0 Å². The van der Waals surface area contributed by atoms with Gasteiger partial charge in [-0.15, -0.1) is 0 Å². The van der Waals surface area contributed by atoms with Crippen molar-refractivity contribution in [3.8, 4) is 0 Å². The van der Waals surface area contributed by atoms with E-state index < -0.39 is 0 Å². The van der Waals surface area contributed by atoms with E-state index in [4.69, 9.17) is 4.52 Å². The largest absolute Gasteiger partial charge is 0.361 e. The van der Waals surface area contributed by atoms with Crippen LogP contribution in [0.2, 0.25) is 0 Å². The first kappa shape index (κ1) is 13.2. The third-order valence-corrected chi connectivity index (χ3v) is 3.31. The van der Waals surface area contributed by atoms with E-state index in [2.05, 4.69) is 26.4 Å². The second-order valence-electron chi connectivity index (χ2n) is 4.14. The molecular formula is C13H14BrFN2O. The standard InChI is InChI=1S/C13H14BrFN2O/c1-8-12(9(2)18-17-8)7-16-6-10-3-4-11(14)5-13(10)15/h3-5,16H,6-7H2,1-2H3. The van der Waals surface area contributed by atoms with Crippen LogP contribution in [0, 0.1) is 19.7 Å². The van der Waals surface area contributed by atoms with Crippen LogP contribution in [0.5, 0.6) is 0 Å². The van der Waals surface area contributed by atoms with Crippen molar-refractivity contribution in [3.05, 3.63) is 51.1 Å².